The van der Waals surface area contributed by atoms with Crippen molar-refractivity contribution in [3.63, 3.8) is 0 Å². The van der Waals surface area contributed by atoms with Crippen LogP contribution in [0.25, 0.3) is 0 Å². The number of rotatable bonds is 0. The van der Waals surface area contributed by atoms with Gasteiger partial charge in [-0.25, -0.2) is 13.6 Å². The minimum Gasteiger partial charge on any atom is -0.302 e. The first-order valence-corrected chi connectivity index (χ1v) is 7.94. The van der Waals surface area contributed by atoms with Gasteiger partial charge >= 0.3 is 7.82 Å². The van der Waals surface area contributed by atoms with Crippen LogP contribution in [0.3, 0.4) is 0 Å². The van der Waals surface area contributed by atoms with Gasteiger partial charge in [-0.2, -0.15) is 0 Å². The summed E-state index contributed by atoms with van der Waals surface area (Å²) in [6, 6.07) is 0. The van der Waals surface area contributed by atoms with E-state index >= 15 is 0 Å². The van der Waals surface area contributed by atoms with Gasteiger partial charge in [0.1, 0.15) is 0 Å². The fourth-order valence-corrected chi connectivity index (χ4v) is 4.58. The summed E-state index contributed by atoms with van der Waals surface area (Å²) < 4.78 is 9.37. The molecule has 0 aromatic heterocycles. The van der Waals surface area contributed by atoms with Crippen LogP contribution in [0.4, 0.5) is 0 Å². The molecule has 0 unspecified atom stereocenters. The molecule has 4 nitrogen and oxygen atoms in total. The average Bonchev–Trinajstić information content (AvgIpc) is 1.98. The van der Waals surface area contributed by atoms with E-state index in [1.54, 1.807) is 0 Å². The Bertz CT molecular complexity index is 348. The maximum absolute atomic E-state index is 11.4. The van der Waals surface area contributed by atoms with Crippen LogP contribution < -0.4 is 0 Å². The molecule has 0 bridgehead atoms. The molecule has 1 heterocycles. The lowest BCUT2D eigenvalue weighted by atomic mass is 10.3. The quantitative estimate of drug-likeness (QED) is 0.448. The van der Waals surface area contributed by atoms with Crippen LogP contribution in [-0.4, -0.2) is 22.6 Å². The maximum atomic E-state index is 11.4. The molecule has 1 fully saturated rings. The van der Waals surface area contributed by atoms with Gasteiger partial charge in [-0.05, 0) is 0 Å². The Labute approximate surface area is 136 Å². The van der Waals surface area contributed by atoms with Crippen LogP contribution in [-0.2, 0) is 13.6 Å². The highest BCUT2D eigenvalue weighted by atomic mass is 35.6. The fraction of sp³-hybridized carbons (Fsp3) is 1.00. The van der Waals surface area contributed by atoms with Crippen molar-refractivity contribution in [1.82, 2.24) is 0 Å². The lowest BCUT2D eigenvalue weighted by Crippen LogP contribution is -2.56. The van der Waals surface area contributed by atoms with Gasteiger partial charge < -0.3 is 4.89 Å². The van der Waals surface area contributed by atoms with E-state index in [-0.39, 0.29) is 0 Å². The van der Waals surface area contributed by atoms with Gasteiger partial charge in [0, 0.05) is 0 Å². The first-order chi connectivity index (χ1) is 7.16. The van der Waals surface area contributed by atoms with Crippen molar-refractivity contribution in [3.05, 3.63) is 0 Å². The molecule has 1 rings (SSSR count). The Morgan fingerprint density at radius 2 is 1.00 bits per heavy atom. The molecule has 0 radical (unpaired) electrons. The zero-order chi connectivity index (χ0) is 13.9. The van der Waals surface area contributed by atoms with Crippen molar-refractivity contribution in [1.29, 1.82) is 0 Å². The Kier molecular flexibility index (Phi) is 4.86. The summed E-state index contributed by atoms with van der Waals surface area (Å²) in [5.41, 5.74) is 0. The maximum Gasteiger partial charge on any atom is 0.477 e. The third kappa shape index (κ3) is 2.90. The number of phosphoric ester groups is 1. The van der Waals surface area contributed by atoms with Crippen LogP contribution in [0, 0.1) is 0 Å². The van der Waals surface area contributed by atoms with Crippen LogP contribution in [0.2, 0.25) is 0 Å². The number of alkyl halides is 8. The number of halogens is 8. The molecule has 17 heavy (non-hydrogen) atoms. The third-order valence-electron chi connectivity index (χ3n) is 1.59. The van der Waals surface area contributed by atoms with E-state index in [0.717, 1.165) is 0 Å². The molecule has 0 aliphatic carbocycles. The summed E-state index contributed by atoms with van der Waals surface area (Å²) in [5, 5.41) is 0. The lowest BCUT2D eigenvalue weighted by Gasteiger charge is -2.40. The molecule has 1 N–H and O–H groups in total. The molecule has 0 aromatic carbocycles. The van der Waals surface area contributed by atoms with Crippen molar-refractivity contribution in [2.75, 3.05) is 0 Å². The van der Waals surface area contributed by atoms with E-state index in [1.165, 1.54) is 0 Å². The third-order valence-corrected chi connectivity index (χ3v) is 7.83. The average molecular weight is 428 g/mol. The zero-order valence-corrected chi connectivity index (χ0v) is 14.1. The molecule has 102 valence electrons. The Morgan fingerprint density at radius 1 is 0.765 bits per heavy atom. The molecule has 0 spiro atoms. The Hall–Kier alpha value is 2.43. The molecule has 0 amide bonds. The van der Waals surface area contributed by atoms with Crippen LogP contribution >= 0.6 is 101 Å². The standard InChI is InChI=1S/C4HCl8O4P/c5-1(6)2(7,8)4(11,12)16-17(13,14)15-3(1,9)10/h(H,13,14). The van der Waals surface area contributed by atoms with Crippen molar-refractivity contribution in [2.45, 2.75) is 17.7 Å². The summed E-state index contributed by atoms with van der Waals surface area (Å²) in [7, 11) is -4.90. The highest BCUT2D eigenvalue weighted by molar-refractivity contribution is 7.47. The van der Waals surface area contributed by atoms with E-state index in [2.05, 4.69) is 9.05 Å². The van der Waals surface area contributed by atoms with Gasteiger partial charge in [0.25, 0.3) is 9.04 Å². The smallest absolute Gasteiger partial charge is 0.302 e. The van der Waals surface area contributed by atoms with Crippen LogP contribution in [0.5, 0.6) is 0 Å². The summed E-state index contributed by atoms with van der Waals surface area (Å²) in [5.74, 6) is 0. The number of hydrogen-bond acceptors (Lipinski definition) is 3. The summed E-state index contributed by atoms with van der Waals surface area (Å²) >= 11 is 45.0. The predicted octanol–water partition coefficient (Wildman–Crippen LogP) is 4.74. The first kappa shape index (κ1) is 17.5. The van der Waals surface area contributed by atoms with Crippen LogP contribution in [0.1, 0.15) is 0 Å². The molecule has 0 atom stereocenters. The summed E-state index contributed by atoms with van der Waals surface area (Å²) in [6.45, 7) is 0. The van der Waals surface area contributed by atoms with E-state index < -0.39 is 25.5 Å². The lowest BCUT2D eigenvalue weighted by molar-refractivity contribution is 0.127. The van der Waals surface area contributed by atoms with E-state index in [0.29, 0.717) is 0 Å². The van der Waals surface area contributed by atoms with Gasteiger partial charge in [-0.3, -0.25) is 0 Å². The van der Waals surface area contributed by atoms with Gasteiger partial charge in [-0.1, -0.05) is 92.8 Å². The first-order valence-electron chi connectivity index (χ1n) is 3.42. The van der Waals surface area contributed by atoms with E-state index in [9.17, 15) is 9.46 Å². The van der Waals surface area contributed by atoms with E-state index in [4.69, 9.17) is 92.8 Å². The molecular weight excluding hydrogens is 427 g/mol. The normalized spacial score (nSPS) is 32.8. The topological polar surface area (TPSA) is 55.8 Å². The Balaban J connectivity index is 3.48. The SMILES string of the molecule is O=P1(O)OC(Cl)(Cl)C(Cl)(Cl)C(Cl)(Cl)C(Cl)(Cl)O1. The molecule has 1 aliphatic rings. The zero-order valence-electron chi connectivity index (χ0n) is 7.14. The second kappa shape index (κ2) is 4.72. The second-order valence-corrected chi connectivity index (χ2v) is 9.31. The van der Waals surface area contributed by atoms with Crippen LogP contribution in [0.15, 0.2) is 0 Å². The van der Waals surface area contributed by atoms with E-state index in [1.807, 2.05) is 0 Å². The summed E-state index contributed by atoms with van der Waals surface area (Å²) in [4.78, 5) is 9.23. The highest BCUT2D eigenvalue weighted by Gasteiger charge is 2.75. The molecular formula is C4HCl8O4P. The largest absolute Gasteiger partial charge is 0.477 e. The molecule has 0 aromatic rings. The molecule has 1 aliphatic heterocycles. The van der Waals surface area contributed by atoms with Gasteiger partial charge in [0.2, 0.25) is 8.67 Å². The molecule has 0 saturated carbocycles. The minimum atomic E-state index is -4.90. The fourth-order valence-electron chi connectivity index (χ4n) is 0.789. The molecule has 1 saturated heterocycles. The predicted molar refractivity (Wildman–Crippen MR) is 69.7 cm³/mol. The minimum absolute atomic E-state index is 2.59. The number of phosphoric acid groups is 1. The van der Waals surface area contributed by atoms with Gasteiger partial charge in [0.05, 0.1) is 0 Å². The van der Waals surface area contributed by atoms with Gasteiger partial charge in [-0.15, -0.1) is 0 Å². The number of hydrogen-bond donors (Lipinski definition) is 1. The van der Waals surface area contributed by atoms with Crippen molar-refractivity contribution < 1.29 is 18.5 Å². The monoisotopic (exact) mass is 424 g/mol. The second-order valence-electron chi connectivity index (χ2n) is 2.83. The molecule has 13 heteroatoms. The van der Waals surface area contributed by atoms with Crippen molar-refractivity contribution >= 4 is 101 Å². The Morgan fingerprint density at radius 3 is 1.24 bits per heavy atom. The van der Waals surface area contributed by atoms with Crippen molar-refractivity contribution in [3.8, 4) is 0 Å². The van der Waals surface area contributed by atoms with Gasteiger partial charge in [0.15, 0.2) is 0 Å². The summed E-state index contributed by atoms with van der Waals surface area (Å²) in [6.07, 6.45) is 0. The van der Waals surface area contributed by atoms with Crippen molar-refractivity contribution in [2.24, 2.45) is 0 Å². The highest BCUT2D eigenvalue weighted by Crippen LogP contribution is 2.71.